The predicted molar refractivity (Wildman–Crippen MR) is 215 cm³/mol. The Morgan fingerprint density at radius 1 is 0.608 bits per heavy atom. The molecular weight excluding hydrogens is 717 g/mol. The summed E-state index contributed by atoms with van der Waals surface area (Å²) in [7, 11) is 0. The highest BCUT2D eigenvalue weighted by molar-refractivity contribution is 8.23. The zero-order valence-electron chi connectivity index (χ0n) is 29.3. The van der Waals surface area contributed by atoms with Crippen molar-refractivity contribution in [2.75, 3.05) is 51.1 Å². The Morgan fingerprint density at radius 3 is 1.37 bits per heavy atom. The van der Waals surface area contributed by atoms with E-state index in [2.05, 4.69) is 100 Å². The maximum Gasteiger partial charge on any atom is 0.220 e. The molecule has 0 radical (unpaired) electrons. The van der Waals surface area contributed by atoms with Crippen LogP contribution in [0.3, 0.4) is 0 Å². The molecule has 2 atom stereocenters. The van der Waals surface area contributed by atoms with Crippen LogP contribution in [0.25, 0.3) is 11.1 Å². The van der Waals surface area contributed by atoms with Crippen molar-refractivity contribution in [3.05, 3.63) is 117 Å². The number of aryl methyl sites for hydroxylation is 4. The van der Waals surface area contributed by atoms with Crippen molar-refractivity contribution in [2.45, 2.75) is 45.3 Å². The summed E-state index contributed by atoms with van der Waals surface area (Å²) < 4.78 is 36.8. The van der Waals surface area contributed by atoms with Gasteiger partial charge >= 0.3 is 0 Å². The van der Waals surface area contributed by atoms with Crippen LogP contribution in [0.15, 0.2) is 72.8 Å². The smallest absolute Gasteiger partial charge is 0.220 e. The molecule has 0 saturated carbocycles. The van der Waals surface area contributed by atoms with E-state index in [1.807, 2.05) is 0 Å². The van der Waals surface area contributed by atoms with Gasteiger partial charge in [-0.05, 0) is 108 Å². The first-order chi connectivity index (χ1) is 24.8. The summed E-state index contributed by atoms with van der Waals surface area (Å²) >= 11 is 13.4. The number of hydrogen-bond acceptors (Lipinski definition) is 10. The van der Waals surface area contributed by atoms with Gasteiger partial charge in [0.15, 0.2) is 0 Å². The lowest BCUT2D eigenvalue weighted by Gasteiger charge is -2.35. The van der Waals surface area contributed by atoms with Crippen molar-refractivity contribution in [3.8, 4) is 22.6 Å². The highest BCUT2D eigenvalue weighted by atomic mass is 32.2. The minimum Gasteiger partial charge on any atom is -0.491 e. The number of ether oxygens (including phenoxy) is 6. The Morgan fingerprint density at radius 2 is 1.00 bits per heavy atom. The summed E-state index contributed by atoms with van der Waals surface area (Å²) in [5, 5.41) is 0. The van der Waals surface area contributed by atoms with Gasteiger partial charge in [-0.15, -0.1) is 0 Å². The normalized spacial score (nSPS) is 18.7. The van der Waals surface area contributed by atoms with Crippen molar-refractivity contribution in [1.82, 2.24) is 0 Å². The second kappa shape index (κ2) is 15.9. The molecule has 0 spiro atoms. The van der Waals surface area contributed by atoms with Crippen LogP contribution in [-0.2, 0) is 24.4 Å². The Bertz CT molecular complexity index is 1760. The molecule has 3 aliphatic rings. The van der Waals surface area contributed by atoms with Gasteiger partial charge < -0.3 is 28.4 Å². The van der Waals surface area contributed by atoms with Crippen LogP contribution >= 0.6 is 48.0 Å². The van der Waals surface area contributed by atoms with Gasteiger partial charge in [-0.25, -0.2) is 0 Å². The van der Waals surface area contributed by atoms with Gasteiger partial charge in [0.2, 0.25) is 8.77 Å². The Labute approximate surface area is 319 Å². The Hall–Kier alpha value is -3.12. The van der Waals surface area contributed by atoms with E-state index in [0.717, 1.165) is 45.3 Å². The number of hydrogen-bond donors (Lipinski definition) is 0. The standard InChI is InChI=1S/C41H42O6S4/c1-25-17-29(18-26(2)37(25)44-15-13-42-21-31-23-50-39(48)46-31)41(35-11-7-5-9-33(35)34-10-6-8-12-36(34)41)30-19-27(3)38(28(4)20-30)45-16-14-43-22-32-24-51-40(49)47-32/h5-12,17-20,31-32H,13-16,21-24H2,1-4H3. The quantitative estimate of drug-likeness (QED) is 0.0811. The summed E-state index contributed by atoms with van der Waals surface area (Å²) in [5.74, 6) is 3.46. The lowest BCUT2D eigenvalue weighted by Crippen LogP contribution is -2.29. The van der Waals surface area contributed by atoms with Gasteiger partial charge in [-0.2, -0.15) is 0 Å². The molecule has 2 aliphatic heterocycles. The number of thioether (sulfide) groups is 2. The molecule has 2 saturated heterocycles. The summed E-state index contributed by atoms with van der Waals surface area (Å²) in [4.78, 5) is 0. The molecule has 2 heterocycles. The molecule has 2 fully saturated rings. The monoisotopic (exact) mass is 758 g/mol. The summed E-state index contributed by atoms with van der Waals surface area (Å²) in [6.07, 6.45) is 0.0314. The topological polar surface area (TPSA) is 55.4 Å². The third-order valence-corrected chi connectivity index (χ3v) is 12.2. The molecule has 0 amide bonds. The van der Waals surface area contributed by atoms with Crippen LogP contribution < -0.4 is 9.47 Å². The highest BCUT2D eigenvalue weighted by Gasteiger charge is 2.46. The summed E-state index contributed by atoms with van der Waals surface area (Å²) in [6.45, 7) is 11.4. The van der Waals surface area contributed by atoms with E-state index in [0.29, 0.717) is 48.4 Å². The zero-order valence-corrected chi connectivity index (χ0v) is 32.6. The third-order valence-electron chi connectivity index (χ3n) is 9.59. The summed E-state index contributed by atoms with van der Waals surface area (Å²) in [5.41, 5.74) is 11.3. The molecule has 6 nitrogen and oxygen atoms in total. The fraction of sp³-hybridized carbons (Fsp3) is 0.366. The van der Waals surface area contributed by atoms with Crippen LogP contribution in [-0.4, -0.2) is 72.1 Å². The fourth-order valence-corrected chi connectivity index (χ4v) is 9.60. The van der Waals surface area contributed by atoms with Crippen molar-refractivity contribution in [2.24, 2.45) is 0 Å². The first-order valence-corrected chi connectivity index (χ1v) is 20.0. The molecule has 0 bridgehead atoms. The Balaban J connectivity index is 1.17. The lowest BCUT2D eigenvalue weighted by atomic mass is 9.66. The van der Waals surface area contributed by atoms with Crippen LogP contribution in [0.5, 0.6) is 11.5 Å². The van der Waals surface area contributed by atoms with E-state index in [-0.39, 0.29) is 12.2 Å². The van der Waals surface area contributed by atoms with Gasteiger partial charge in [0.05, 0.1) is 31.8 Å². The van der Waals surface area contributed by atoms with Gasteiger partial charge in [0, 0.05) is 11.5 Å². The van der Waals surface area contributed by atoms with Crippen LogP contribution in [0.2, 0.25) is 0 Å². The Kier molecular flexibility index (Phi) is 11.3. The summed E-state index contributed by atoms with van der Waals surface area (Å²) in [6, 6.07) is 26.8. The third kappa shape index (κ3) is 7.41. The lowest BCUT2D eigenvalue weighted by molar-refractivity contribution is 0.0458. The molecule has 4 aromatic carbocycles. The molecule has 10 heteroatoms. The maximum atomic E-state index is 6.35. The first kappa shape index (κ1) is 36.2. The largest absolute Gasteiger partial charge is 0.491 e. The van der Waals surface area contributed by atoms with Crippen LogP contribution in [0.4, 0.5) is 0 Å². The molecule has 0 aromatic heterocycles. The molecule has 0 N–H and O–H groups in total. The SMILES string of the molecule is Cc1cc(C2(c3cc(C)c(OCCOCC4CSC(=S)O4)c(C)c3)c3ccccc3-c3ccccc32)cc(C)c1OCCOCC1CSC(=S)O1. The maximum absolute atomic E-state index is 6.35. The average Bonchev–Trinajstić information content (AvgIpc) is 3.81. The van der Waals surface area contributed by atoms with Crippen molar-refractivity contribution >= 4 is 56.7 Å². The van der Waals surface area contributed by atoms with Crippen molar-refractivity contribution < 1.29 is 28.4 Å². The van der Waals surface area contributed by atoms with E-state index in [1.54, 1.807) is 23.5 Å². The number of benzene rings is 4. The highest BCUT2D eigenvalue weighted by Crippen LogP contribution is 2.57. The van der Waals surface area contributed by atoms with Gasteiger partial charge in [0.1, 0.15) is 36.9 Å². The van der Waals surface area contributed by atoms with E-state index in [1.165, 1.54) is 33.4 Å². The predicted octanol–water partition coefficient (Wildman–Crippen LogP) is 8.91. The van der Waals surface area contributed by atoms with E-state index in [9.17, 15) is 0 Å². The molecule has 7 rings (SSSR count). The van der Waals surface area contributed by atoms with Crippen LogP contribution in [0.1, 0.15) is 44.5 Å². The second-order valence-corrected chi connectivity index (χ2v) is 16.4. The molecule has 266 valence electrons. The van der Waals surface area contributed by atoms with Gasteiger partial charge in [0.25, 0.3) is 0 Å². The minimum absolute atomic E-state index is 0.0157. The van der Waals surface area contributed by atoms with Crippen molar-refractivity contribution in [3.63, 3.8) is 0 Å². The molecule has 2 unspecified atom stereocenters. The van der Waals surface area contributed by atoms with Crippen molar-refractivity contribution in [1.29, 1.82) is 0 Å². The number of rotatable bonds is 14. The van der Waals surface area contributed by atoms with Crippen LogP contribution in [0, 0.1) is 27.7 Å². The number of thiocarbonyl (C=S) groups is 2. The minimum atomic E-state index is -0.540. The fourth-order valence-electron chi connectivity index (χ4n) is 7.54. The van der Waals surface area contributed by atoms with Gasteiger partial charge in [-0.3, -0.25) is 0 Å². The van der Waals surface area contributed by atoms with E-state index in [4.69, 9.17) is 52.9 Å². The molecule has 4 aromatic rings. The van der Waals surface area contributed by atoms with E-state index < -0.39 is 5.41 Å². The average molecular weight is 759 g/mol. The first-order valence-electron chi connectivity index (χ1n) is 17.3. The van der Waals surface area contributed by atoms with Gasteiger partial charge in [-0.1, -0.05) is 96.3 Å². The number of fused-ring (bicyclic) bond motifs is 3. The zero-order chi connectivity index (χ0) is 35.5. The second-order valence-electron chi connectivity index (χ2n) is 13.2. The van der Waals surface area contributed by atoms with E-state index >= 15 is 0 Å². The molecular formula is C41H42O6S4. The molecule has 1 aliphatic carbocycles. The molecule has 51 heavy (non-hydrogen) atoms.